The van der Waals surface area contributed by atoms with E-state index in [1.165, 1.54) is 10.5 Å². The predicted molar refractivity (Wildman–Crippen MR) is 341 cm³/mol. The van der Waals surface area contributed by atoms with Gasteiger partial charge in [0, 0.05) is 56.1 Å². The minimum Gasteiger partial charge on any atom is -0.460 e. The van der Waals surface area contributed by atoms with Crippen LogP contribution in [0.2, 0.25) is 0 Å². The number of nitrogens with one attached hydrogen (secondary N) is 1. The van der Waals surface area contributed by atoms with E-state index in [2.05, 4.69) is 95.7 Å². The van der Waals surface area contributed by atoms with Crippen molar-refractivity contribution >= 4 is 41.3 Å². The van der Waals surface area contributed by atoms with Crippen molar-refractivity contribution < 1.29 is 43.3 Å². The quantitative estimate of drug-likeness (QED) is 0.0279. The number of rotatable bonds is 18. The lowest BCUT2D eigenvalue weighted by atomic mass is 9.85. The summed E-state index contributed by atoms with van der Waals surface area (Å²) in [6.45, 7) is 26.2. The number of esters is 3. The topological polar surface area (TPSA) is 152 Å². The molecule has 3 aliphatic rings. The van der Waals surface area contributed by atoms with Gasteiger partial charge in [-0.2, -0.15) is 0 Å². The standard InChI is InChI=1S/C31H34N2O3.C20H19NO4.C14H9ClO2.2C4H8/c1-5-28(23(4)24-14-8-6-9-15-24)32-31(25-16-10-7-11-17-25)27-19-13-12-18-26(27)29(34)33(31)20-21-36-30(35)22(2)3;1-14(2)19(23)25-13-12-21-18(22)16-10-6-7-11-17(16)20(21,24)15-8-4-3-5-9-15;15-14(10-6-2-1-3-7-10)12-9-5-4-8-11(12)13(16)17-14;2*1-3-4-2/h6-19,23,28,32H,2,5,20-21H2,1,3-4H3;3-11,24H,1,12-13H2,2H3;1-9H;2*3H,1,4H2,2H3/t23-,28-,31?;;;;/m0..../s1. The molecule has 0 aliphatic carbocycles. The monoisotopic (exact) mass is 1180 g/mol. The van der Waals surface area contributed by atoms with Crippen molar-refractivity contribution in [2.45, 2.75) is 89.2 Å². The van der Waals surface area contributed by atoms with E-state index in [1.54, 1.807) is 74.5 Å². The zero-order valence-corrected chi connectivity index (χ0v) is 50.8. The molecule has 0 aromatic heterocycles. The average molecular weight is 1180 g/mol. The van der Waals surface area contributed by atoms with Crippen LogP contribution in [0.1, 0.15) is 137 Å². The normalized spacial score (nSPS) is 18.1. The first-order valence-electron chi connectivity index (χ1n) is 28.8. The predicted octanol–water partition coefficient (Wildman–Crippen LogP) is 14.6. The molecule has 12 nitrogen and oxygen atoms in total. The molecule has 7 aromatic rings. The second-order valence-corrected chi connectivity index (χ2v) is 21.1. The maximum atomic E-state index is 13.8. The number of carbonyl (C=O) groups is 5. The lowest BCUT2D eigenvalue weighted by Gasteiger charge is -2.44. The highest BCUT2D eigenvalue weighted by molar-refractivity contribution is 6.27. The maximum absolute atomic E-state index is 13.8. The van der Waals surface area contributed by atoms with Gasteiger partial charge in [-0.05, 0) is 68.4 Å². The minimum absolute atomic E-state index is 0.0272. The second-order valence-electron chi connectivity index (χ2n) is 20.6. The van der Waals surface area contributed by atoms with Gasteiger partial charge in [0.1, 0.15) is 18.9 Å². The van der Waals surface area contributed by atoms with Crippen molar-refractivity contribution in [1.82, 2.24) is 15.1 Å². The van der Waals surface area contributed by atoms with Crippen LogP contribution in [-0.2, 0) is 40.2 Å². The third-order valence-corrected chi connectivity index (χ3v) is 15.2. The van der Waals surface area contributed by atoms with E-state index in [4.69, 9.17) is 25.8 Å². The number of hydrogen-bond donors (Lipinski definition) is 2. The third kappa shape index (κ3) is 14.9. The van der Waals surface area contributed by atoms with Crippen LogP contribution in [0.5, 0.6) is 0 Å². The molecule has 86 heavy (non-hydrogen) atoms. The van der Waals surface area contributed by atoms with Crippen LogP contribution in [0, 0.1) is 0 Å². The molecule has 0 fully saturated rings. The summed E-state index contributed by atoms with van der Waals surface area (Å²) in [5.41, 5.74) is 5.44. The number of nitrogens with zero attached hydrogens (tertiary/aromatic N) is 2. The smallest absolute Gasteiger partial charge is 0.340 e. The fraction of sp³-hybridized carbons (Fsp3) is 0.247. The fourth-order valence-electron chi connectivity index (χ4n) is 10.2. The Kier molecular flexibility index (Phi) is 24.1. The van der Waals surface area contributed by atoms with Gasteiger partial charge in [0.2, 0.25) is 5.06 Å². The summed E-state index contributed by atoms with van der Waals surface area (Å²) in [7, 11) is 0. The number of cyclic esters (lactones) is 1. The number of aliphatic hydroxyl groups is 1. The largest absolute Gasteiger partial charge is 0.460 e. The van der Waals surface area contributed by atoms with Crippen molar-refractivity contribution in [3.8, 4) is 0 Å². The van der Waals surface area contributed by atoms with Gasteiger partial charge in [0.25, 0.3) is 11.8 Å². The number of halogens is 1. The molecule has 0 saturated heterocycles. The molecule has 7 aromatic carbocycles. The molecule has 446 valence electrons. The Morgan fingerprint density at radius 3 is 1.43 bits per heavy atom. The molecule has 0 spiro atoms. The van der Waals surface area contributed by atoms with Crippen LogP contribution in [0.25, 0.3) is 0 Å². The molecular weight excluding hydrogens is 1100 g/mol. The fourth-order valence-corrected chi connectivity index (χ4v) is 10.5. The first-order valence-corrected chi connectivity index (χ1v) is 29.2. The molecule has 0 radical (unpaired) electrons. The van der Waals surface area contributed by atoms with E-state index in [-0.39, 0.29) is 61.6 Å². The van der Waals surface area contributed by atoms with Crippen molar-refractivity contribution in [3.63, 3.8) is 0 Å². The number of carbonyl (C=O) groups excluding carboxylic acids is 5. The molecule has 2 N–H and O–H groups in total. The zero-order chi connectivity index (χ0) is 62.4. The minimum atomic E-state index is -1.59. The Hall–Kier alpha value is -8.94. The molecule has 10 rings (SSSR count). The summed E-state index contributed by atoms with van der Waals surface area (Å²) in [6, 6.07) is 60.8. The van der Waals surface area contributed by atoms with E-state index in [9.17, 15) is 29.1 Å². The average Bonchev–Trinajstić information content (AvgIpc) is 1.59. The van der Waals surface area contributed by atoms with Gasteiger partial charge in [-0.3, -0.25) is 19.8 Å². The molecule has 0 saturated carbocycles. The zero-order valence-electron chi connectivity index (χ0n) is 50.0. The van der Waals surface area contributed by atoms with Crippen LogP contribution in [-0.4, -0.2) is 77.0 Å². The van der Waals surface area contributed by atoms with Gasteiger partial charge >= 0.3 is 17.9 Å². The summed E-state index contributed by atoms with van der Waals surface area (Å²) < 4.78 is 15.9. The van der Waals surface area contributed by atoms with Crippen LogP contribution in [0.4, 0.5) is 0 Å². The number of amides is 2. The molecule has 3 unspecified atom stereocenters. The van der Waals surface area contributed by atoms with Crippen molar-refractivity contribution in [2.24, 2.45) is 0 Å². The van der Waals surface area contributed by atoms with Gasteiger partial charge in [-0.25, -0.2) is 14.4 Å². The van der Waals surface area contributed by atoms with Crippen LogP contribution < -0.4 is 5.32 Å². The summed E-state index contributed by atoms with van der Waals surface area (Å²) in [4.78, 5) is 65.2. The lowest BCUT2D eigenvalue weighted by Crippen LogP contribution is -2.59. The number of hydrogen-bond acceptors (Lipinski definition) is 10. The molecule has 0 bridgehead atoms. The van der Waals surface area contributed by atoms with Crippen molar-refractivity contribution in [1.29, 1.82) is 0 Å². The first-order chi connectivity index (χ1) is 41.4. The van der Waals surface area contributed by atoms with Crippen molar-refractivity contribution in [2.75, 3.05) is 26.3 Å². The number of allylic oxidation sites excluding steroid dienone is 2. The number of fused-ring (bicyclic) bond motifs is 3. The molecule has 3 heterocycles. The van der Waals surface area contributed by atoms with Gasteiger partial charge in [-0.15, -0.1) is 13.2 Å². The summed E-state index contributed by atoms with van der Waals surface area (Å²) in [5.74, 6) is -1.54. The Labute approximate surface area is 512 Å². The Bertz CT molecular complexity index is 3460. The summed E-state index contributed by atoms with van der Waals surface area (Å²) in [5, 5.41) is 14.2. The van der Waals surface area contributed by atoms with E-state index in [0.717, 1.165) is 36.0 Å². The maximum Gasteiger partial charge on any atom is 0.340 e. The van der Waals surface area contributed by atoms with Gasteiger partial charge < -0.3 is 24.2 Å². The van der Waals surface area contributed by atoms with E-state index in [1.807, 2.05) is 114 Å². The second kappa shape index (κ2) is 31.3. The molecule has 13 heteroatoms. The Balaban J connectivity index is 0.000000204. The number of benzene rings is 7. The third-order valence-electron chi connectivity index (χ3n) is 14.7. The van der Waals surface area contributed by atoms with Gasteiger partial charge in [0.15, 0.2) is 5.72 Å². The van der Waals surface area contributed by atoms with E-state index >= 15 is 0 Å². The lowest BCUT2D eigenvalue weighted by molar-refractivity contribution is -0.141. The molecule has 3 aliphatic heterocycles. The number of alkyl halides is 1. The highest BCUT2D eigenvalue weighted by Crippen LogP contribution is 2.46. The van der Waals surface area contributed by atoms with Crippen LogP contribution in [0.15, 0.2) is 244 Å². The Morgan fingerprint density at radius 2 is 0.953 bits per heavy atom. The summed E-state index contributed by atoms with van der Waals surface area (Å²) in [6.07, 6.45) is 6.78. The van der Waals surface area contributed by atoms with Crippen LogP contribution >= 0.6 is 11.6 Å². The Morgan fingerprint density at radius 1 is 0.570 bits per heavy atom. The summed E-state index contributed by atoms with van der Waals surface area (Å²) >= 11 is 6.48. The molecular formula is C73H78ClN3O9. The van der Waals surface area contributed by atoms with Gasteiger partial charge in [0.05, 0.1) is 18.7 Å². The van der Waals surface area contributed by atoms with Crippen molar-refractivity contribution in [3.05, 3.63) is 299 Å². The van der Waals surface area contributed by atoms with Crippen LogP contribution in [0.3, 0.4) is 0 Å². The molecule has 2 amide bonds. The highest BCUT2D eigenvalue weighted by atomic mass is 35.5. The van der Waals surface area contributed by atoms with E-state index < -0.39 is 28.4 Å². The van der Waals surface area contributed by atoms with E-state index in [0.29, 0.717) is 39.0 Å². The van der Waals surface area contributed by atoms with Gasteiger partial charge in [-0.1, -0.05) is 241 Å². The first kappa shape index (κ1) is 66.2. The number of ether oxygens (including phenoxy) is 3. The molecule has 5 atom stereocenters. The SMILES string of the molecule is C=C(C)C(=O)OCCN1C(=O)c2ccccc2C1(N[C@@H](CC)[C@@H](C)c1ccccc1)c1ccccc1.C=C(C)C(=O)OCCN1C(=O)c2ccccc2C1(O)c1ccccc1.C=CCC.C=CCC.O=C1OC(Cl)(c2ccccc2)c2ccccc21. The highest BCUT2D eigenvalue weighted by Gasteiger charge is 2.53.